The third-order valence-electron chi connectivity index (χ3n) is 2.96. The molecule has 0 aliphatic carbocycles. The van der Waals surface area contributed by atoms with Gasteiger partial charge in [0.05, 0.1) is 22.1 Å². The summed E-state index contributed by atoms with van der Waals surface area (Å²) >= 11 is 9.64. The molecule has 5 aromatic rings. The molecule has 0 saturated carbocycles. The zero-order chi connectivity index (χ0) is 11.0. The lowest BCUT2D eigenvalue weighted by Crippen LogP contribution is -1.50. The van der Waals surface area contributed by atoms with Gasteiger partial charge in [-0.05, 0) is 22.9 Å². The van der Waals surface area contributed by atoms with E-state index in [0.717, 1.165) is 0 Å². The summed E-state index contributed by atoms with van der Waals surface area (Å²) in [7, 11) is 0. The maximum atomic E-state index is 2.28. The quantitative estimate of drug-likeness (QED) is 0.302. The molecule has 0 bridgehead atoms. The van der Waals surface area contributed by atoms with Gasteiger partial charge in [-0.2, -0.15) is 0 Å². The van der Waals surface area contributed by atoms with Gasteiger partial charge in [-0.1, -0.05) is 0 Å². The number of thiophene rings is 5. The van der Waals surface area contributed by atoms with Crippen LogP contribution in [0.25, 0.3) is 37.6 Å². The minimum atomic E-state index is 1.45. The molecule has 0 radical (unpaired) electrons. The van der Waals surface area contributed by atoms with Gasteiger partial charge in [0.15, 0.2) is 0 Å². The van der Waals surface area contributed by atoms with Crippen LogP contribution in [0.4, 0.5) is 0 Å². The molecule has 0 atom stereocenters. The van der Waals surface area contributed by atoms with Crippen molar-refractivity contribution < 1.29 is 0 Å². The van der Waals surface area contributed by atoms with Crippen LogP contribution >= 0.6 is 56.7 Å². The summed E-state index contributed by atoms with van der Waals surface area (Å²) in [5.41, 5.74) is 0. The monoisotopic (exact) mass is 308 g/mol. The molecule has 5 rings (SSSR count). The highest BCUT2D eigenvalue weighted by atomic mass is 32.2. The molecule has 5 heteroatoms. The van der Waals surface area contributed by atoms with Gasteiger partial charge >= 0.3 is 0 Å². The van der Waals surface area contributed by atoms with Crippen molar-refractivity contribution in [3.05, 3.63) is 22.9 Å². The molecule has 0 spiro atoms. The fraction of sp³-hybridized carbons (Fsp3) is 0. The molecule has 0 amide bonds. The van der Waals surface area contributed by atoms with Crippen LogP contribution in [0.15, 0.2) is 22.9 Å². The lowest BCUT2D eigenvalue weighted by atomic mass is 10.3. The summed E-state index contributed by atoms with van der Waals surface area (Å²) in [4.78, 5) is 0. The molecule has 82 valence electrons. The van der Waals surface area contributed by atoms with Crippen LogP contribution in [0.1, 0.15) is 0 Å². The van der Waals surface area contributed by atoms with Crippen molar-refractivity contribution in [2.75, 3.05) is 0 Å². The Kier molecular flexibility index (Phi) is 1.73. The van der Waals surface area contributed by atoms with Gasteiger partial charge in [-0.25, -0.2) is 0 Å². The molecule has 0 nitrogen and oxygen atoms in total. The van der Waals surface area contributed by atoms with E-state index in [9.17, 15) is 0 Å². The number of hydrogen-bond donors (Lipinski definition) is 0. The van der Waals surface area contributed by atoms with Crippen molar-refractivity contribution in [1.82, 2.24) is 0 Å². The second-order valence-electron chi connectivity index (χ2n) is 3.86. The molecule has 0 aliphatic heterocycles. The first-order chi connectivity index (χ1) is 8.42. The second-order valence-corrected chi connectivity index (χ2v) is 9.31. The SMILES string of the molecule is c1cc2c(s1)sc1sc3c4sccc4sc3c12. The summed E-state index contributed by atoms with van der Waals surface area (Å²) in [5.74, 6) is 0. The summed E-state index contributed by atoms with van der Waals surface area (Å²) in [6, 6.07) is 4.53. The van der Waals surface area contributed by atoms with Crippen molar-refractivity contribution in [3.63, 3.8) is 0 Å². The number of hydrogen-bond acceptors (Lipinski definition) is 5. The molecule has 5 aromatic heterocycles. The highest BCUT2D eigenvalue weighted by Crippen LogP contribution is 2.51. The molecule has 0 aromatic carbocycles. The highest BCUT2D eigenvalue weighted by molar-refractivity contribution is 7.53. The largest absolute Gasteiger partial charge is 0.141 e. The van der Waals surface area contributed by atoms with Crippen LogP contribution in [-0.4, -0.2) is 0 Å². The summed E-state index contributed by atoms with van der Waals surface area (Å²) in [5, 5.41) is 7.39. The fourth-order valence-electron chi connectivity index (χ4n) is 2.24. The summed E-state index contributed by atoms with van der Waals surface area (Å²) in [6.45, 7) is 0. The van der Waals surface area contributed by atoms with Gasteiger partial charge in [0.25, 0.3) is 0 Å². The Labute approximate surface area is 116 Å². The third-order valence-corrected chi connectivity index (χ3v) is 9.00. The van der Waals surface area contributed by atoms with Crippen LogP contribution in [0, 0.1) is 0 Å². The van der Waals surface area contributed by atoms with E-state index in [1.54, 1.807) is 0 Å². The third kappa shape index (κ3) is 1.07. The van der Waals surface area contributed by atoms with E-state index in [1.165, 1.54) is 37.6 Å². The van der Waals surface area contributed by atoms with Crippen LogP contribution in [-0.2, 0) is 0 Å². The van der Waals surface area contributed by atoms with Crippen molar-refractivity contribution in [2.45, 2.75) is 0 Å². The first-order valence-electron chi connectivity index (χ1n) is 5.10. The highest BCUT2D eigenvalue weighted by Gasteiger charge is 2.17. The molecule has 0 fully saturated rings. The Morgan fingerprint density at radius 2 is 1.65 bits per heavy atom. The van der Waals surface area contributed by atoms with E-state index in [-0.39, 0.29) is 0 Å². The second kappa shape index (κ2) is 3.10. The summed E-state index contributed by atoms with van der Waals surface area (Å²) < 4.78 is 8.94. The van der Waals surface area contributed by atoms with E-state index in [0.29, 0.717) is 0 Å². The predicted molar refractivity (Wildman–Crippen MR) is 85.9 cm³/mol. The van der Waals surface area contributed by atoms with Crippen LogP contribution < -0.4 is 0 Å². The standard InChI is InChI=1S/C12H4S5/c1-3-14-11-5(1)7-9-10(16-12(7)17-11)8-6(15-9)2-4-13-8/h1-4H. The van der Waals surface area contributed by atoms with E-state index < -0.39 is 0 Å². The molecule has 0 saturated heterocycles. The van der Waals surface area contributed by atoms with Crippen molar-refractivity contribution >= 4 is 94.3 Å². The predicted octanol–water partition coefficient (Wildman–Crippen LogP) is 6.61. The molecule has 0 unspecified atom stereocenters. The lowest BCUT2D eigenvalue weighted by Gasteiger charge is -1.79. The average molecular weight is 308 g/mol. The van der Waals surface area contributed by atoms with E-state index in [2.05, 4.69) is 22.9 Å². The van der Waals surface area contributed by atoms with E-state index in [1.807, 2.05) is 56.7 Å². The van der Waals surface area contributed by atoms with Crippen molar-refractivity contribution in [3.8, 4) is 0 Å². The maximum Gasteiger partial charge on any atom is 0.0908 e. The molecular weight excluding hydrogens is 304 g/mol. The van der Waals surface area contributed by atoms with Crippen LogP contribution in [0.2, 0.25) is 0 Å². The Morgan fingerprint density at radius 1 is 0.706 bits per heavy atom. The van der Waals surface area contributed by atoms with Crippen LogP contribution in [0.5, 0.6) is 0 Å². The fourth-order valence-corrected chi connectivity index (χ4v) is 8.89. The smallest absolute Gasteiger partial charge is 0.0908 e. The Balaban J connectivity index is 2.19. The van der Waals surface area contributed by atoms with Gasteiger partial charge in [0.1, 0.15) is 0 Å². The molecule has 5 heterocycles. The first kappa shape index (κ1) is 9.47. The minimum absolute atomic E-state index is 1.45. The van der Waals surface area contributed by atoms with Crippen LogP contribution in [0.3, 0.4) is 0 Å². The summed E-state index contributed by atoms with van der Waals surface area (Å²) in [6.07, 6.45) is 0. The van der Waals surface area contributed by atoms with Crippen molar-refractivity contribution in [1.29, 1.82) is 0 Å². The average Bonchev–Trinajstić information content (AvgIpc) is 2.97. The zero-order valence-electron chi connectivity index (χ0n) is 8.35. The number of rotatable bonds is 0. The van der Waals surface area contributed by atoms with Gasteiger partial charge in [0.2, 0.25) is 0 Å². The molecule has 17 heavy (non-hydrogen) atoms. The number of fused-ring (bicyclic) bond motifs is 7. The van der Waals surface area contributed by atoms with Crippen molar-refractivity contribution in [2.24, 2.45) is 0 Å². The molecule has 0 aliphatic rings. The normalized spacial score (nSPS) is 12.7. The molecular formula is C12H4S5. The maximum absolute atomic E-state index is 2.28. The van der Waals surface area contributed by atoms with Gasteiger partial charge < -0.3 is 0 Å². The van der Waals surface area contributed by atoms with Gasteiger partial charge in [-0.3, -0.25) is 0 Å². The Bertz CT molecular complexity index is 984. The Hall–Kier alpha value is -0.460. The molecule has 0 N–H and O–H groups in total. The lowest BCUT2D eigenvalue weighted by molar-refractivity contribution is 2.22. The van der Waals surface area contributed by atoms with Gasteiger partial charge in [0, 0.05) is 15.5 Å². The van der Waals surface area contributed by atoms with E-state index >= 15 is 0 Å². The zero-order valence-corrected chi connectivity index (χ0v) is 12.4. The van der Waals surface area contributed by atoms with E-state index in [4.69, 9.17) is 0 Å². The minimum Gasteiger partial charge on any atom is -0.141 e. The van der Waals surface area contributed by atoms with Gasteiger partial charge in [-0.15, -0.1) is 56.7 Å². The topological polar surface area (TPSA) is 0 Å². The first-order valence-corrected chi connectivity index (χ1v) is 9.31. The Morgan fingerprint density at radius 3 is 2.65 bits per heavy atom.